The van der Waals surface area contributed by atoms with Crippen LogP contribution in [0.25, 0.3) is 0 Å². The molecular weight excluding hydrogens is 1310 g/mol. The summed E-state index contributed by atoms with van der Waals surface area (Å²) in [6.07, 6.45) is -13.0. The maximum atomic E-state index is 13.8. The Balaban J connectivity index is 6.87. The third-order valence-electron chi connectivity index (χ3n) is 12.4. The molecule has 0 radical (unpaired) electrons. The number of hydrogen-bond acceptors (Lipinski definition) is 24. The van der Waals surface area contributed by atoms with Gasteiger partial charge in [0.1, 0.15) is 72.5 Å². The van der Waals surface area contributed by atoms with Gasteiger partial charge in [0.2, 0.25) is 88.6 Å². The van der Waals surface area contributed by atoms with Gasteiger partial charge in [0.25, 0.3) is 0 Å². The van der Waals surface area contributed by atoms with Crippen molar-refractivity contribution in [3.63, 3.8) is 0 Å². The number of carbonyl (C=O) groups is 22. The molecule has 0 aromatic heterocycles. The van der Waals surface area contributed by atoms with Crippen LogP contribution in [0.5, 0.6) is 0 Å². The minimum atomic E-state index is -2.43. The van der Waals surface area contributed by atoms with Crippen molar-refractivity contribution in [1.82, 2.24) is 63.8 Å². The van der Waals surface area contributed by atoms with Crippen LogP contribution in [0.1, 0.15) is 90.9 Å². The number of carbonyl (C=O) groups excluding carboxylic acids is 15. The van der Waals surface area contributed by atoms with E-state index in [1.165, 1.54) is 0 Å². The number of aliphatic carboxylic acids is 7. The molecule has 0 aliphatic carbocycles. The number of carboxylic acid groups (broad SMARTS) is 7. The van der Waals surface area contributed by atoms with Crippen molar-refractivity contribution in [2.75, 3.05) is 13.2 Å². The molecule has 0 heterocycles. The van der Waals surface area contributed by atoms with Gasteiger partial charge in [-0.05, 0) is 26.2 Å². The monoisotopic (exact) mass is 1380 g/mol. The molecule has 0 aromatic carbocycles. The zero-order valence-electron chi connectivity index (χ0n) is 50.6. The number of carboxylic acids is 7. The van der Waals surface area contributed by atoms with Gasteiger partial charge in [-0.2, -0.15) is 0 Å². The van der Waals surface area contributed by atoms with E-state index in [4.69, 9.17) is 22.3 Å². The van der Waals surface area contributed by atoms with Crippen molar-refractivity contribution in [2.24, 2.45) is 17.2 Å². The first kappa shape index (κ1) is 84.3. The van der Waals surface area contributed by atoms with Crippen LogP contribution in [0.4, 0.5) is 0 Å². The van der Waals surface area contributed by atoms with Crippen LogP contribution in [-0.4, -0.2) is 262 Å². The third-order valence-corrected chi connectivity index (χ3v) is 12.4. The molecule has 0 saturated carbocycles. The first-order valence-electron chi connectivity index (χ1n) is 27.7. The molecule has 0 aliphatic heterocycles. The van der Waals surface area contributed by atoms with Crippen molar-refractivity contribution in [2.45, 2.75) is 163 Å². The highest BCUT2D eigenvalue weighted by Gasteiger charge is 2.39. The SMILES string of the molecule is CC(=O)N[C@H](CC(=O)O)C(=O)N[C@H](CC(N)=O)C(=O)N[C@H](CC(=O)O)C(=O)N[C@H](CO)C(=O)N[C@H](CCC(=O)O)C(=O)NC(CC(=O)O)C(=O)N[C@H](CC(N)=O)C(=O)N[C@H](CO)C(=O)N[C@H](CC(=O)O)C(=O)N[C@H](CCC(=O)O)C(=O)N[C@H](CCC(=O)O)C(=O)N[C@H](C)C(N)=O. The second kappa shape index (κ2) is 41.7. The molecule has 0 spiro atoms. The molecular formula is C50H73N15O31. The number of hydrogen-bond donors (Lipinski definition) is 24. The lowest BCUT2D eigenvalue weighted by atomic mass is 10.1. The Bertz CT molecular complexity index is 2980. The molecule has 0 saturated heterocycles. The highest BCUT2D eigenvalue weighted by molar-refractivity contribution is 6.02. The average Bonchev–Trinajstić information content (AvgIpc) is 0.884. The number of primary amides is 3. The van der Waals surface area contributed by atoms with Gasteiger partial charge in [0.05, 0.1) is 51.7 Å². The number of nitrogens with one attached hydrogen (secondary N) is 12. The Labute approximate surface area is 538 Å². The van der Waals surface area contributed by atoms with E-state index < -0.39 is 293 Å². The quantitative estimate of drug-likeness (QED) is 0.0269. The van der Waals surface area contributed by atoms with Gasteiger partial charge in [-0.25, -0.2) is 0 Å². The average molecular weight is 1380 g/mol. The summed E-state index contributed by atoms with van der Waals surface area (Å²) in [4.78, 5) is 277. The van der Waals surface area contributed by atoms with Crippen LogP contribution < -0.4 is 81.0 Å². The van der Waals surface area contributed by atoms with Crippen LogP contribution in [0.15, 0.2) is 0 Å². The number of nitrogens with two attached hydrogens (primary N) is 3. The number of amides is 15. The first-order valence-corrected chi connectivity index (χ1v) is 27.7. The Kier molecular flexibility index (Phi) is 36.6. The van der Waals surface area contributed by atoms with Gasteiger partial charge in [0, 0.05) is 26.2 Å². The van der Waals surface area contributed by atoms with E-state index in [1.54, 1.807) is 10.6 Å². The number of rotatable bonds is 47. The Morgan fingerprint density at radius 1 is 0.271 bits per heavy atom. The number of aliphatic hydroxyl groups is 2. The van der Waals surface area contributed by atoms with E-state index in [2.05, 4.69) is 10.6 Å². The van der Waals surface area contributed by atoms with Gasteiger partial charge in [-0.15, -0.1) is 0 Å². The summed E-state index contributed by atoms with van der Waals surface area (Å²) in [7, 11) is 0. The molecule has 12 atom stereocenters. The lowest BCUT2D eigenvalue weighted by molar-refractivity contribution is -0.143. The maximum absolute atomic E-state index is 13.8. The second-order valence-corrected chi connectivity index (χ2v) is 20.4. The van der Waals surface area contributed by atoms with E-state index in [0.717, 1.165) is 13.8 Å². The normalized spacial score (nSPS) is 14.4. The minimum absolute atomic E-state index is 0.672. The van der Waals surface area contributed by atoms with Crippen molar-refractivity contribution >= 4 is 130 Å². The van der Waals surface area contributed by atoms with Gasteiger partial charge in [0.15, 0.2) is 0 Å². The highest BCUT2D eigenvalue weighted by atomic mass is 16.4. The first-order chi connectivity index (χ1) is 44.5. The summed E-state index contributed by atoms with van der Waals surface area (Å²) >= 11 is 0. The van der Waals surface area contributed by atoms with Crippen LogP contribution in [0, 0.1) is 0 Å². The topological polar surface area (TPSA) is 780 Å². The Hall–Kier alpha value is -11.7. The summed E-state index contributed by atoms with van der Waals surface area (Å²) in [6, 6.07) is -25.5. The Morgan fingerprint density at radius 2 is 0.458 bits per heavy atom. The van der Waals surface area contributed by atoms with E-state index in [9.17, 15) is 146 Å². The lowest BCUT2D eigenvalue weighted by Gasteiger charge is -2.27. The van der Waals surface area contributed by atoms with E-state index in [1.807, 2.05) is 42.5 Å². The van der Waals surface area contributed by atoms with Crippen molar-refractivity contribution in [1.29, 1.82) is 0 Å². The highest BCUT2D eigenvalue weighted by Crippen LogP contribution is 2.09. The largest absolute Gasteiger partial charge is 0.481 e. The molecule has 0 aromatic rings. The standard InChI is InChI=1S/C50H73N15O31/c1-17(39(53)85)54-40(86)19(3-6-32(71)72)56-41(87)20(4-7-33(73)74)57-46(92)25(12-36(79)80)63-50(96)29(16-67)64-44(90)23(10-31(52)70)60-47(93)26(13-37(81)82)61-42(88)21(5-8-34(75)76)58-49(95)28(15-66)65-48(94)27(14-38(83)84)62-43(89)22(9-30(51)69)59-45(91)24(11-35(77)78)55-18(2)68/h17,19-29,66-67H,3-16H2,1-2H3,(H2,51,69)(H2,52,70)(H2,53,85)(H,54,86)(H,55,68)(H,56,87)(H,57,92)(H,58,95)(H,59,91)(H,60,93)(H,61,88)(H,62,89)(H,63,96)(H,64,90)(H,65,94)(H,71,72)(H,73,74)(H,75,76)(H,77,78)(H,79,80)(H,81,82)(H,83,84)/t17-,19-,20-,21-,22-,23-,24-,25-,26?,27-,28-,29-/m1/s1. The fourth-order valence-electron chi connectivity index (χ4n) is 7.71. The molecule has 534 valence electrons. The summed E-state index contributed by atoms with van der Waals surface area (Å²) in [5, 5.41) is 109. The molecule has 46 heteroatoms. The lowest BCUT2D eigenvalue weighted by Crippen LogP contribution is -2.62. The predicted molar refractivity (Wildman–Crippen MR) is 305 cm³/mol. The summed E-state index contributed by atoms with van der Waals surface area (Å²) < 4.78 is 0. The zero-order chi connectivity index (χ0) is 74.0. The van der Waals surface area contributed by atoms with Gasteiger partial charge in [-0.1, -0.05) is 0 Å². The van der Waals surface area contributed by atoms with Crippen LogP contribution in [0.2, 0.25) is 0 Å². The molecule has 0 rings (SSSR count). The van der Waals surface area contributed by atoms with Crippen LogP contribution >= 0.6 is 0 Å². The molecule has 0 aliphatic rings. The molecule has 96 heavy (non-hydrogen) atoms. The fourth-order valence-corrected chi connectivity index (χ4v) is 7.71. The molecule has 0 fully saturated rings. The summed E-state index contributed by atoms with van der Waals surface area (Å²) in [6.45, 7) is -0.965. The molecule has 27 N–H and O–H groups in total. The molecule has 0 bridgehead atoms. The van der Waals surface area contributed by atoms with Crippen molar-refractivity contribution in [3.05, 3.63) is 0 Å². The zero-order valence-corrected chi connectivity index (χ0v) is 50.6. The van der Waals surface area contributed by atoms with Gasteiger partial charge < -0.3 is 127 Å². The minimum Gasteiger partial charge on any atom is -0.481 e. The van der Waals surface area contributed by atoms with E-state index >= 15 is 0 Å². The molecule has 1 unspecified atom stereocenters. The predicted octanol–water partition coefficient (Wildman–Crippen LogP) is -13.4. The van der Waals surface area contributed by atoms with Crippen molar-refractivity contribution in [3.8, 4) is 0 Å². The fraction of sp³-hybridized carbons (Fsp3) is 0.560. The maximum Gasteiger partial charge on any atom is 0.305 e. The smallest absolute Gasteiger partial charge is 0.305 e. The van der Waals surface area contributed by atoms with Gasteiger partial charge >= 0.3 is 41.8 Å². The van der Waals surface area contributed by atoms with E-state index in [-0.39, 0.29) is 0 Å². The molecule has 15 amide bonds. The van der Waals surface area contributed by atoms with Gasteiger partial charge in [-0.3, -0.25) is 105 Å². The Morgan fingerprint density at radius 3 is 0.656 bits per heavy atom. The summed E-state index contributed by atoms with van der Waals surface area (Å²) in [5.74, 6) is -34.0. The molecule has 46 nitrogen and oxygen atoms in total. The second-order valence-electron chi connectivity index (χ2n) is 20.4. The number of aliphatic hydroxyl groups excluding tert-OH is 2. The van der Waals surface area contributed by atoms with Crippen molar-refractivity contribution < 1.29 is 151 Å². The summed E-state index contributed by atoms with van der Waals surface area (Å²) in [5.41, 5.74) is 15.5. The van der Waals surface area contributed by atoms with Crippen LogP contribution in [-0.2, 0) is 105 Å². The van der Waals surface area contributed by atoms with E-state index in [0.29, 0.717) is 0 Å². The van der Waals surface area contributed by atoms with Crippen LogP contribution in [0.3, 0.4) is 0 Å². The third kappa shape index (κ3) is 33.5.